The number of fused-ring (bicyclic) bond motifs is 7. The summed E-state index contributed by atoms with van der Waals surface area (Å²) in [5.74, 6) is -2.01. The Labute approximate surface area is 191 Å². The van der Waals surface area contributed by atoms with Gasteiger partial charge in [0, 0.05) is 23.1 Å². The number of allylic oxidation sites excluding steroid dienone is 1. The first-order valence-electron chi connectivity index (χ1n) is 11.3. The largest absolute Gasteiger partial charge is 0.488 e. The number of ketones is 1. The monoisotopic (exact) mass is 441 g/mol. The zero-order valence-electron chi connectivity index (χ0n) is 18.1. The minimum absolute atomic E-state index is 0.00152. The van der Waals surface area contributed by atoms with E-state index in [1.807, 2.05) is 36.4 Å². The summed E-state index contributed by atoms with van der Waals surface area (Å²) in [7, 11) is 0. The fraction of sp³-hybridized carbons (Fsp3) is 0.296. The maximum atomic E-state index is 14.0. The van der Waals surface area contributed by atoms with Crippen LogP contribution in [0.3, 0.4) is 0 Å². The minimum Gasteiger partial charge on any atom is -0.488 e. The molecule has 0 radical (unpaired) electrons. The van der Waals surface area contributed by atoms with Crippen molar-refractivity contribution in [2.75, 3.05) is 11.5 Å². The van der Waals surface area contributed by atoms with Gasteiger partial charge in [-0.1, -0.05) is 60.7 Å². The van der Waals surface area contributed by atoms with Gasteiger partial charge in [-0.2, -0.15) is 0 Å². The lowest BCUT2D eigenvalue weighted by atomic mass is 9.67. The van der Waals surface area contributed by atoms with E-state index in [9.17, 15) is 14.4 Å². The Bertz CT molecular complexity index is 1220. The molecule has 2 heterocycles. The van der Waals surface area contributed by atoms with Crippen LogP contribution in [0.2, 0.25) is 0 Å². The van der Waals surface area contributed by atoms with E-state index in [4.69, 9.17) is 9.47 Å². The summed E-state index contributed by atoms with van der Waals surface area (Å²) < 4.78 is 12.2. The molecule has 2 aromatic carbocycles. The first-order chi connectivity index (χ1) is 16.1. The molecule has 2 bridgehead atoms. The number of esters is 1. The van der Waals surface area contributed by atoms with Crippen molar-refractivity contribution in [2.24, 2.45) is 17.8 Å². The minimum atomic E-state index is -1.58. The highest BCUT2D eigenvalue weighted by atomic mass is 16.5. The molecule has 1 saturated heterocycles. The molecular weight excluding hydrogens is 418 g/mol. The normalized spacial score (nSPS) is 31.5. The van der Waals surface area contributed by atoms with E-state index in [1.54, 1.807) is 31.2 Å². The standard InChI is InChI=1S/C27H23NO5/c1-2-32-26(31)27-20-17-13-14-18(15-17)24(20)33-23(16-9-5-3-6-10-16)21(27)22(29)25(30)28(27)19-11-7-4-8-12-19/h3-14,17-18,20,24H,2,15H2,1H3/t17?,18?,20?,24?,27-/m1/s1. The fourth-order valence-corrected chi connectivity index (χ4v) is 6.20. The van der Waals surface area contributed by atoms with Crippen LogP contribution >= 0.6 is 0 Å². The Morgan fingerprint density at radius 2 is 1.70 bits per heavy atom. The molecule has 5 atom stereocenters. The van der Waals surface area contributed by atoms with Crippen molar-refractivity contribution in [1.29, 1.82) is 0 Å². The first kappa shape index (κ1) is 20.0. The molecule has 6 rings (SSSR count). The third-order valence-corrected chi connectivity index (χ3v) is 7.35. The lowest BCUT2D eigenvalue weighted by Crippen LogP contribution is -2.64. The van der Waals surface area contributed by atoms with E-state index in [1.165, 1.54) is 4.90 Å². The number of rotatable bonds is 4. The number of ether oxygens (including phenoxy) is 2. The third-order valence-electron chi connectivity index (χ3n) is 7.35. The third kappa shape index (κ3) is 2.52. The Balaban J connectivity index is 1.70. The second-order valence-corrected chi connectivity index (χ2v) is 8.92. The van der Waals surface area contributed by atoms with Crippen LogP contribution < -0.4 is 4.90 Å². The van der Waals surface area contributed by atoms with Crippen LogP contribution in [0.5, 0.6) is 0 Å². The number of carbonyl (C=O) groups excluding carboxylic acids is 3. The van der Waals surface area contributed by atoms with Gasteiger partial charge in [0.05, 0.1) is 12.2 Å². The molecule has 2 aliphatic heterocycles. The molecule has 0 aromatic heterocycles. The Hall–Kier alpha value is -3.67. The fourth-order valence-electron chi connectivity index (χ4n) is 6.20. The smallest absolute Gasteiger partial charge is 0.337 e. The summed E-state index contributed by atoms with van der Waals surface area (Å²) in [6, 6.07) is 18.2. The number of benzene rings is 2. The van der Waals surface area contributed by atoms with Crippen LogP contribution in [0.15, 0.2) is 78.4 Å². The number of amides is 1. The van der Waals surface area contributed by atoms with Crippen LogP contribution in [0.4, 0.5) is 5.69 Å². The van der Waals surface area contributed by atoms with E-state index in [0.717, 1.165) is 6.42 Å². The molecule has 1 amide bonds. The van der Waals surface area contributed by atoms with Crippen LogP contribution in [-0.2, 0) is 23.9 Å². The second-order valence-electron chi connectivity index (χ2n) is 8.92. The molecule has 4 aliphatic rings. The molecule has 6 heteroatoms. The number of anilines is 1. The second kappa shape index (κ2) is 7.17. The molecule has 2 aromatic rings. The first-order valence-corrected chi connectivity index (χ1v) is 11.3. The quantitative estimate of drug-likeness (QED) is 0.412. The lowest BCUT2D eigenvalue weighted by molar-refractivity contribution is -0.153. The molecule has 1 saturated carbocycles. The van der Waals surface area contributed by atoms with E-state index in [0.29, 0.717) is 17.0 Å². The van der Waals surface area contributed by atoms with Crippen LogP contribution in [0.25, 0.3) is 5.76 Å². The van der Waals surface area contributed by atoms with Gasteiger partial charge in [0.2, 0.25) is 0 Å². The van der Waals surface area contributed by atoms with E-state index in [2.05, 4.69) is 12.2 Å². The van der Waals surface area contributed by atoms with Crippen molar-refractivity contribution < 1.29 is 23.9 Å². The van der Waals surface area contributed by atoms with Gasteiger partial charge in [-0.3, -0.25) is 14.5 Å². The maximum absolute atomic E-state index is 14.0. The van der Waals surface area contributed by atoms with E-state index in [-0.39, 0.29) is 30.1 Å². The van der Waals surface area contributed by atoms with Crippen molar-refractivity contribution in [3.8, 4) is 0 Å². The van der Waals surface area contributed by atoms with Crippen molar-refractivity contribution in [3.05, 3.63) is 84.0 Å². The van der Waals surface area contributed by atoms with Gasteiger partial charge in [0.25, 0.3) is 5.78 Å². The molecule has 4 unspecified atom stereocenters. The number of hydrogen-bond donors (Lipinski definition) is 0. The summed E-state index contributed by atoms with van der Waals surface area (Å²) >= 11 is 0. The summed E-state index contributed by atoms with van der Waals surface area (Å²) in [6.45, 7) is 1.88. The Morgan fingerprint density at radius 3 is 2.39 bits per heavy atom. The average molecular weight is 441 g/mol. The van der Waals surface area contributed by atoms with Crippen molar-refractivity contribution >= 4 is 29.1 Å². The zero-order valence-corrected chi connectivity index (χ0v) is 18.1. The lowest BCUT2D eigenvalue weighted by Gasteiger charge is -2.48. The van der Waals surface area contributed by atoms with Crippen LogP contribution in [0.1, 0.15) is 18.9 Å². The van der Waals surface area contributed by atoms with Gasteiger partial charge in [-0.05, 0) is 31.4 Å². The average Bonchev–Trinajstić information content (AvgIpc) is 3.52. The number of para-hydroxylation sites is 1. The van der Waals surface area contributed by atoms with Gasteiger partial charge >= 0.3 is 11.9 Å². The number of hydrogen-bond acceptors (Lipinski definition) is 5. The number of Topliss-reactive ketones (excluding diaryl/α,β-unsaturated/α-hetero) is 1. The van der Waals surface area contributed by atoms with Crippen LogP contribution in [-0.4, -0.2) is 35.9 Å². The summed E-state index contributed by atoms with van der Waals surface area (Å²) in [4.78, 5) is 42.7. The summed E-state index contributed by atoms with van der Waals surface area (Å²) in [6.07, 6.45) is 4.70. The van der Waals surface area contributed by atoms with Crippen LogP contribution in [0, 0.1) is 17.8 Å². The predicted octanol–water partition coefficient (Wildman–Crippen LogP) is 3.54. The molecule has 0 spiro atoms. The summed E-state index contributed by atoms with van der Waals surface area (Å²) in [5, 5.41) is 0. The molecule has 2 aliphatic carbocycles. The topological polar surface area (TPSA) is 72.9 Å². The van der Waals surface area contributed by atoms with Gasteiger partial charge in [0.1, 0.15) is 11.9 Å². The van der Waals surface area contributed by atoms with Gasteiger partial charge in [-0.25, -0.2) is 4.79 Å². The SMILES string of the molecule is CCOC(=O)[C@]12C(=C(c3ccccc3)OC3C4C=CC(C4)C31)C(=O)C(=O)N2c1ccccc1. The highest BCUT2D eigenvalue weighted by Gasteiger charge is 2.73. The molecule has 33 heavy (non-hydrogen) atoms. The molecule has 0 N–H and O–H groups in total. The van der Waals surface area contributed by atoms with Gasteiger partial charge < -0.3 is 9.47 Å². The van der Waals surface area contributed by atoms with E-state index >= 15 is 0 Å². The van der Waals surface area contributed by atoms with E-state index < -0.39 is 29.1 Å². The maximum Gasteiger partial charge on any atom is 0.337 e. The Morgan fingerprint density at radius 1 is 1.03 bits per heavy atom. The van der Waals surface area contributed by atoms with Crippen molar-refractivity contribution in [2.45, 2.75) is 25.0 Å². The van der Waals surface area contributed by atoms with Crippen molar-refractivity contribution in [1.82, 2.24) is 0 Å². The Kier molecular flexibility index (Phi) is 4.34. The molecule has 6 nitrogen and oxygen atoms in total. The number of nitrogens with zero attached hydrogens (tertiary/aromatic N) is 1. The number of carbonyl (C=O) groups is 3. The molecular formula is C27H23NO5. The highest BCUT2D eigenvalue weighted by molar-refractivity contribution is 6.54. The highest BCUT2D eigenvalue weighted by Crippen LogP contribution is 2.61. The van der Waals surface area contributed by atoms with Gasteiger partial charge in [-0.15, -0.1) is 0 Å². The predicted molar refractivity (Wildman–Crippen MR) is 121 cm³/mol. The molecule has 166 valence electrons. The zero-order chi connectivity index (χ0) is 22.7. The summed E-state index contributed by atoms with van der Waals surface area (Å²) in [5.41, 5.74) is -0.312. The van der Waals surface area contributed by atoms with Crippen molar-refractivity contribution in [3.63, 3.8) is 0 Å². The molecule has 2 fully saturated rings. The van der Waals surface area contributed by atoms with Gasteiger partial charge in [0.15, 0.2) is 5.54 Å².